The van der Waals surface area contributed by atoms with Crippen LogP contribution < -0.4 is 0 Å². The number of hydrogen-bond donors (Lipinski definition) is 0. The maximum absolute atomic E-state index is 12.1. The van der Waals surface area contributed by atoms with Gasteiger partial charge in [-0.2, -0.15) is 5.10 Å². The zero-order chi connectivity index (χ0) is 14.3. The Hall–Kier alpha value is -1.26. The van der Waals surface area contributed by atoms with Crippen LogP contribution in [0.3, 0.4) is 0 Å². The lowest BCUT2D eigenvalue weighted by Crippen LogP contribution is -2.44. The molecule has 20 heavy (non-hydrogen) atoms. The predicted octanol–water partition coefficient (Wildman–Crippen LogP) is 3.11. The fraction of sp³-hybridized carbons (Fsp3) is 0.429. The van der Waals surface area contributed by atoms with Crippen molar-refractivity contribution in [1.29, 1.82) is 0 Å². The lowest BCUT2D eigenvalue weighted by Gasteiger charge is -2.29. The van der Waals surface area contributed by atoms with Gasteiger partial charge in [-0.3, -0.25) is 4.79 Å². The number of amidine groups is 1. The lowest BCUT2D eigenvalue weighted by atomic mass is 10.1. The number of unbranched alkanes of at least 4 members (excludes halogenated alkanes) is 1. The molecule has 2 aliphatic heterocycles. The van der Waals surface area contributed by atoms with Gasteiger partial charge in [0.1, 0.15) is 6.54 Å². The molecule has 4 nitrogen and oxygen atoms in total. The molecule has 0 saturated carbocycles. The summed E-state index contributed by atoms with van der Waals surface area (Å²) in [6, 6.07) is 3.74. The molecule has 0 aliphatic carbocycles. The van der Waals surface area contributed by atoms with Gasteiger partial charge in [-0.05, 0) is 18.1 Å². The Labute approximate surface area is 127 Å². The summed E-state index contributed by atoms with van der Waals surface area (Å²) in [7, 11) is 0. The number of carbonyl (C=O) groups excluding carboxylic acids is 1. The number of nitrogens with zero attached hydrogens (tertiary/aromatic N) is 3. The van der Waals surface area contributed by atoms with Crippen molar-refractivity contribution >= 4 is 34.9 Å². The first-order valence-electron chi connectivity index (χ1n) is 6.73. The first-order chi connectivity index (χ1) is 9.61. The third-order valence-electron chi connectivity index (χ3n) is 3.62. The van der Waals surface area contributed by atoms with Gasteiger partial charge in [-0.15, -0.1) is 0 Å². The summed E-state index contributed by atoms with van der Waals surface area (Å²) in [5, 5.41) is 7.09. The highest BCUT2D eigenvalue weighted by Gasteiger charge is 2.35. The molecule has 2 aliphatic rings. The van der Waals surface area contributed by atoms with Crippen molar-refractivity contribution in [1.82, 2.24) is 9.91 Å². The minimum Gasteiger partial charge on any atom is -0.341 e. The van der Waals surface area contributed by atoms with E-state index >= 15 is 0 Å². The van der Waals surface area contributed by atoms with Gasteiger partial charge in [-0.25, -0.2) is 5.01 Å². The Morgan fingerprint density at radius 1 is 1.30 bits per heavy atom. The monoisotopic (exact) mass is 311 g/mol. The summed E-state index contributed by atoms with van der Waals surface area (Å²) in [6.07, 6.45) is 1.97. The van der Waals surface area contributed by atoms with E-state index in [0.29, 0.717) is 29.7 Å². The van der Waals surface area contributed by atoms with Crippen molar-refractivity contribution in [3.63, 3.8) is 0 Å². The van der Waals surface area contributed by atoms with Crippen molar-refractivity contribution in [3.8, 4) is 0 Å². The standard InChI is InChI=1S/C14H15Cl2N3O/c1-2-3-6-19-11(20)8-18-7-9-4-5-10(15)13(16)12(9)14(18)17-19/h4-5H,2-3,6-8H2,1H3. The fourth-order valence-electron chi connectivity index (χ4n) is 2.54. The molecule has 6 heteroatoms. The van der Waals surface area contributed by atoms with Gasteiger partial charge in [0.2, 0.25) is 0 Å². The second-order valence-corrected chi connectivity index (χ2v) is 5.83. The molecule has 0 aromatic heterocycles. The SMILES string of the molecule is CCCCN1N=C2c3c(ccc(Cl)c3Cl)CN2CC1=O. The molecule has 3 rings (SSSR count). The minimum absolute atomic E-state index is 0.0391. The number of amides is 1. The molecular weight excluding hydrogens is 297 g/mol. The van der Waals surface area contributed by atoms with Gasteiger partial charge in [0.05, 0.1) is 10.0 Å². The molecule has 1 aromatic carbocycles. The number of carbonyl (C=O) groups is 1. The highest BCUT2D eigenvalue weighted by atomic mass is 35.5. The minimum atomic E-state index is 0.0391. The first kappa shape index (κ1) is 13.7. The van der Waals surface area contributed by atoms with Gasteiger partial charge < -0.3 is 4.90 Å². The van der Waals surface area contributed by atoms with Gasteiger partial charge in [0.15, 0.2) is 5.84 Å². The van der Waals surface area contributed by atoms with Crippen LogP contribution in [0, 0.1) is 0 Å². The molecule has 0 unspecified atom stereocenters. The second kappa shape index (κ2) is 5.26. The number of rotatable bonds is 3. The van der Waals surface area contributed by atoms with E-state index in [1.807, 2.05) is 11.0 Å². The molecule has 0 N–H and O–H groups in total. The molecule has 0 bridgehead atoms. The largest absolute Gasteiger partial charge is 0.341 e. The Bertz CT molecular complexity index is 600. The van der Waals surface area contributed by atoms with Crippen LogP contribution in [-0.4, -0.2) is 34.7 Å². The van der Waals surface area contributed by atoms with Crippen LogP contribution in [0.15, 0.2) is 17.2 Å². The van der Waals surface area contributed by atoms with E-state index < -0.39 is 0 Å². The Morgan fingerprint density at radius 3 is 2.85 bits per heavy atom. The average molecular weight is 312 g/mol. The molecule has 1 amide bonds. The number of hydrogen-bond acceptors (Lipinski definition) is 3. The third kappa shape index (κ3) is 2.17. The first-order valence-corrected chi connectivity index (χ1v) is 7.48. The van der Waals surface area contributed by atoms with E-state index in [1.165, 1.54) is 0 Å². The smallest absolute Gasteiger partial charge is 0.262 e. The summed E-state index contributed by atoms with van der Waals surface area (Å²) in [6.45, 7) is 3.76. The summed E-state index contributed by atoms with van der Waals surface area (Å²) >= 11 is 12.4. The zero-order valence-electron chi connectivity index (χ0n) is 11.2. The maximum Gasteiger partial charge on any atom is 0.262 e. The average Bonchev–Trinajstić information content (AvgIpc) is 2.78. The van der Waals surface area contributed by atoms with E-state index in [4.69, 9.17) is 23.2 Å². The summed E-state index contributed by atoms with van der Waals surface area (Å²) in [5.74, 6) is 0.806. The van der Waals surface area contributed by atoms with Gasteiger partial charge in [0.25, 0.3) is 5.91 Å². The quantitative estimate of drug-likeness (QED) is 0.860. The van der Waals surface area contributed by atoms with Gasteiger partial charge >= 0.3 is 0 Å². The highest BCUT2D eigenvalue weighted by Crippen LogP contribution is 2.35. The molecule has 1 aromatic rings. The predicted molar refractivity (Wildman–Crippen MR) is 80.0 cm³/mol. The topological polar surface area (TPSA) is 35.9 Å². The van der Waals surface area contributed by atoms with Crippen LogP contribution in [0.1, 0.15) is 30.9 Å². The molecular formula is C14H15Cl2N3O. The maximum atomic E-state index is 12.1. The normalized spacial score (nSPS) is 17.1. The van der Waals surface area contributed by atoms with E-state index in [9.17, 15) is 4.79 Å². The van der Waals surface area contributed by atoms with Crippen LogP contribution in [0.25, 0.3) is 0 Å². The van der Waals surface area contributed by atoms with Crippen molar-refractivity contribution in [2.75, 3.05) is 13.1 Å². The van der Waals surface area contributed by atoms with Crippen molar-refractivity contribution in [2.45, 2.75) is 26.3 Å². The van der Waals surface area contributed by atoms with Crippen LogP contribution in [0.5, 0.6) is 0 Å². The molecule has 0 radical (unpaired) electrons. The van der Waals surface area contributed by atoms with Crippen LogP contribution in [-0.2, 0) is 11.3 Å². The summed E-state index contributed by atoms with van der Waals surface area (Å²) in [5.41, 5.74) is 1.94. The van der Waals surface area contributed by atoms with E-state index in [1.54, 1.807) is 11.1 Å². The van der Waals surface area contributed by atoms with Gasteiger partial charge in [-0.1, -0.05) is 42.6 Å². The third-order valence-corrected chi connectivity index (χ3v) is 4.42. The number of benzene rings is 1. The Balaban J connectivity index is 2.00. The molecule has 0 saturated heterocycles. The van der Waals surface area contributed by atoms with E-state index in [0.717, 1.165) is 29.8 Å². The zero-order valence-corrected chi connectivity index (χ0v) is 12.7. The Kier molecular flexibility index (Phi) is 3.61. The number of fused-ring (bicyclic) bond motifs is 3. The van der Waals surface area contributed by atoms with Crippen molar-refractivity contribution < 1.29 is 4.79 Å². The summed E-state index contributed by atoms with van der Waals surface area (Å²) < 4.78 is 0. The number of halogens is 2. The Morgan fingerprint density at radius 2 is 2.10 bits per heavy atom. The summed E-state index contributed by atoms with van der Waals surface area (Å²) in [4.78, 5) is 14.0. The molecule has 0 atom stereocenters. The van der Waals surface area contributed by atoms with Crippen LogP contribution >= 0.6 is 23.2 Å². The lowest BCUT2D eigenvalue weighted by molar-refractivity contribution is -0.132. The van der Waals surface area contributed by atoms with Crippen LogP contribution in [0.4, 0.5) is 0 Å². The fourth-order valence-corrected chi connectivity index (χ4v) is 2.97. The molecule has 0 fully saturated rings. The van der Waals surface area contributed by atoms with Crippen LogP contribution in [0.2, 0.25) is 10.0 Å². The van der Waals surface area contributed by atoms with E-state index in [2.05, 4.69) is 12.0 Å². The van der Waals surface area contributed by atoms with Crippen molar-refractivity contribution in [2.24, 2.45) is 5.10 Å². The molecule has 106 valence electrons. The molecule has 0 spiro atoms. The van der Waals surface area contributed by atoms with Gasteiger partial charge in [0, 0.05) is 18.7 Å². The highest BCUT2D eigenvalue weighted by molar-refractivity contribution is 6.44. The van der Waals surface area contributed by atoms with E-state index in [-0.39, 0.29) is 5.91 Å². The second-order valence-electron chi connectivity index (χ2n) is 5.05. The number of hydrazone groups is 1. The molecule has 2 heterocycles. The van der Waals surface area contributed by atoms with Crippen molar-refractivity contribution in [3.05, 3.63) is 33.3 Å².